The van der Waals surface area contributed by atoms with Gasteiger partial charge in [0.1, 0.15) is 6.54 Å². The summed E-state index contributed by atoms with van der Waals surface area (Å²) in [5, 5.41) is 4.95. The molecule has 2 heterocycles. The van der Waals surface area contributed by atoms with E-state index in [0.29, 0.717) is 0 Å². The maximum atomic E-state index is 12.9. The molecule has 0 aliphatic heterocycles. The molecule has 1 atom stereocenters. The van der Waals surface area contributed by atoms with Crippen molar-refractivity contribution in [2.75, 3.05) is 25.5 Å². The molecule has 1 amide bonds. The first-order valence-electron chi connectivity index (χ1n) is 9.73. The van der Waals surface area contributed by atoms with Crippen LogP contribution in [0.15, 0.2) is 47.8 Å². The van der Waals surface area contributed by atoms with Crippen LogP contribution in [0.25, 0.3) is 0 Å². The number of quaternary nitrogens is 1. The monoisotopic (exact) mass is 410 g/mol. The zero-order valence-corrected chi connectivity index (χ0v) is 18.2. The molecule has 0 radical (unpaired) electrons. The minimum Gasteiger partial charge on any atom is -0.343 e. The van der Waals surface area contributed by atoms with Crippen LogP contribution in [0, 0.1) is 20.8 Å². The molecule has 1 unspecified atom stereocenters. The van der Waals surface area contributed by atoms with Crippen LogP contribution in [0.5, 0.6) is 0 Å². The number of rotatable bonds is 8. The summed E-state index contributed by atoms with van der Waals surface area (Å²) in [6.07, 6.45) is 0. The van der Waals surface area contributed by atoms with Gasteiger partial charge in [-0.05, 0) is 50.4 Å². The van der Waals surface area contributed by atoms with E-state index in [1.54, 1.807) is 11.3 Å². The molecule has 0 saturated carbocycles. The van der Waals surface area contributed by atoms with Gasteiger partial charge in [0.25, 0.3) is 5.91 Å². The van der Waals surface area contributed by atoms with Crippen molar-refractivity contribution >= 4 is 28.7 Å². The molecule has 0 spiro atoms. The Kier molecular flexibility index (Phi) is 6.67. The normalized spacial score (nSPS) is 12.0. The molecule has 152 valence electrons. The van der Waals surface area contributed by atoms with Gasteiger partial charge in [-0.1, -0.05) is 23.8 Å². The van der Waals surface area contributed by atoms with Gasteiger partial charge in [-0.3, -0.25) is 9.59 Å². The third kappa shape index (κ3) is 5.43. The van der Waals surface area contributed by atoms with Crippen molar-refractivity contribution in [3.8, 4) is 0 Å². The summed E-state index contributed by atoms with van der Waals surface area (Å²) in [5.41, 5.74) is 4.73. The van der Waals surface area contributed by atoms with E-state index < -0.39 is 0 Å². The fourth-order valence-electron chi connectivity index (χ4n) is 3.43. The first-order valence-corrected chi connectivity index (χ1v) is 10.6. The van der Waals surface area contributed by atoms with Crippen molar-refractivity contribution in [1.29, 1.82) is 0 Å². The SMILES string of the molecule is Cc1ccc(NC(=O)C[NH+](C)CC(=O)c2cc(C)n(Cc3cccs3)c2C)cc1. The highest BCUT2D eigenvalue weighted by Crippen LogP contribution is 2.19. The second-order valence-corrected chi connectivity index (χ2v) is 8.63. The van der Waals surface area contributed by atoms with E-state index in [1.807, 2.05) is 64.2 Å². The van der Waals surface area contributed by atoms with Crippen LogP contribution < -0.4 is 10.2 Å². The highest BCUT2D eigenvalue weighted by molar-refractivity contribution is 7.09. The highest BCUT2D eigenvalue weighted by Gasteiger charge is 2.20. The third-order valence-corrected chi connectivity index (χ3v) is 5.89. The Morgan fingerprint density at radius 1 is 1.07 bits per heavy atom. The summed E-state index contributed by atoms with van der Waals surface area (Å²) in [4.78, 5) is 27.3. The molecule has 29 heavy (non-hydrogen) atoms. The van der Waals surface area contributed by atoms with Gasteiger partial charge >= 0.3 is 0 Å². The van der Waals surface area contributed by atoms with Crippen molar-refractivity contribution in [2.24, 2.45) is 0 Å². The lowest BCUT2D eigenvalue weighted by Crippen LogP contribution is -3.11. The van der Waals surface area contributed by atoms with Crippen LogP contribution in [0.1, 0.15) is 32.2 Å². The number of benzene rings is 1. The largest absolute Gasteiger partial charge is 0.343 e. The number of nitrogens with one attached hydrogen (secondary N) is 2. The number of amides is 1. The number of carbonyl (C=O) groups is 2. The summed E-state index contributed by atoms with van der Waals surface area (Å²) in [6.45, 7) is 7.34. The van der Waals surface area contributed by atoms with Crippen LogP contribution in [-0.4, -0.2) is 36.4 Å². The number of Topliss-reactive ketones (excluding diaryl/α,β-unsaturated/α-hetero) is 1. The van der Waals surface area contributed by atoms with E-state index >= 15 is 0 Å². The molecule has 0 aliphatic carbocycles. The minimum atomic E-state index is -0.0951. The van der Waals surface area contributed by atoms with Gasteiger partial charge in [0.15, 0.2) is 6.54 Å². The van der Waals surface area contributed by atoms with Crippen molar-refractivity contribution in [1.82, 2.24) is 4.57 Å². The second-order valence-electron chi connectivity index (χ2n) is 7.60. The van der Waals surface area contributed by atoms with Gasteiger partial charge in [0.2, 0.25) is 5.78 Å². The fourth-order valence-corrected chi connectivity index (χ4v) is 4.13. The number of ketones is 1. The Labute approximate surface area is 176 Å². The number of carbonyl (C=O) groups excluding carboxylic acids is 2. The van der Waals surface area contributed by atoms with Crippen LogP contribution in [-0.2, 0) is 11.3 Å². The van der Waals surface area contributed by atoms with Crippen LogP contribution >= 0.6 is 11.3 Å². The number of aryl methyl sites for hydroxylation is 2. The van der Waals surface area contributed by atoms with Gasteiger partial charge < -0.3 is 14.8 Å². The molecule has 5 nitrogen and oxygen atoms in total. The number of anilines is 1. The minimum absolute atomic E-state index is 0.0659. The van der Waals surface area contributed by atoms with E-state index in [4.69, 9.17) is 0 Å². The molecular formula is C23H28N3O2S+. The molecule has 0 saturated heterocycles. The molecule has 3 rings (SSSR count). The Morgan fingerprint density at radius 2 is 1.79 bits per heavy atom. The summed E-state index contributed by atoms with van der Waals surface area (Å²) in [7, 11) is 1.87. The predicted octanol–water partition coefficient (Wildman–Crippen LogP) is 2.86. The molecule has 6 heteroatoms. The van der Waals surface area contributed by atoms with Crippen molar-refractivity contribution in [2.45, 2.75) is 27.3 Å². The number of nitrogens with zero attached hydrogens (tertiary/aromatic N) is 1. The van der Waals surface area contributed by atoms with E-state index in [2.05, 4.69) is 21.3 Å². The topological polar surface area (TPSA) is 55.5 Å². The van der Waals surface area contributed by atoms with Crippen LogP contribution in [0.4, 0.5) is 5.69 Å². The summed E-state index contributed by atoms with van der Waals surface area (Å²) >= 11 is 1.72. The standard InChI is InChI=1S/C23H27N3O2S/c1-16-7-9-19(10-8-16)24-23(28)15-25(4)14-22(27)21-12-17(2)26(18(21)3)13-20-6-5-11-29-20/h5-12H,13-15H2,1-4H3,(H,24,28)/p+1. The molecule has 3 aromatic rings. The van der Waals surface area contributed by atoms with Gasteiger partial charge in [-0.15, -0.1) is 11.3 Å². The van der Waals surface area contributed by atoms with Gasteiger partial charge in [0.05, 0.1) is 13.6 Å². The van der Waals surface area contributed by atoms with Gasteiger partial charge in [-0.2, -0.15) is 0 Å². The van der Waals surface area contributed by atoms with E-state index in [9.17, 15) is 9.59 Å². The molecule has 1 aromatic carbocycles. The molecule has 2 aromatic heterocycles. The van der Waals surface area contributed by atoms with E-state index in [0.717, 1.165) is 39.6 Å². The lowest BCUT2D eigenvalue weighted by molar-refractivity contribution is -0.861. The number of aromatic nitrogens is 1. The van der Waals surface area contributed by atoms with Crippen molar-refractivity contribution in [3.05, 3.63) is 75.2 Å². The summed E-state index contributed by atoms with van der Waals surface area (Å²) in [6, 6.07) is 13.8. The third-order valence-electron chi connectivity index (χ3n) is 5.03. The fraction of sp³-hybridized carbons (Fsp3) is 0.304. The molecule has 0 fully saturated rings. The van der Waals surface area contributed by atoms with Gasteiger partial charge in [-0.25, -0.2) is 0 Å². The Morgan fingerprint density at radius 3 is 2.45 bits per heavy atom. The maximum absolute atomic E-state index is 12.9. The zero-order valence-electron chi connectivity index (χ0n) is 17.4. The average Bonchev–Trinajstić information content (AvgIpc) is 3.27. The van der Waals surface area contributed by atoms with Crippen LogP contribution in [0.3, 0.4) is 0 Å². The first-order chi connectivity index (χ1) is 13.8. The maximum Gasteiger partial charge on any atom is 0.279 e. The van der Waals surface area contributed by atoms with Crippen LogP contribution in [0.2, 0.25) is 0 Å². The second kappa shape index (κ2) is 9.20. The number of thiophene rings is 1. The zero-order chi connectivity index (χ0) is 21.0. The van der Waals surface area contributed by atoms with E-state index in [-0.39, 0.29) is 24.8 Å². The molecular weight excluding hydrogens is 382 g/mol. The molecule has 0 bridgehead atoms. The van der Waals surface area contributed by atoms with Crippen molar-refractivity contribution in [3.63, 3.8) is 0 Å². The summed E-state index contributed by atoms with van der Waals surface area (Å²) in [5.74, 6) is -0.0292. The Bertz CT molecular complexity index is 988. The Hall–Kier alpha value is -2.70. The van der Waals surface area contributed by atoms with E-state index in [1.165, 1.54) is 4.88 Å². The smallest absolute Gasteiger partial charge is 0.279 e. The average molecular weight is 411 g/mol. The molecule has 2 N–H and O–H groups in total. The predicted molar refractivity (Wildman–Crippen MR) is 118 cm³/mol. The number of likely N-dealkylation sites (N-methyl/N-ethyl adjacent to an activating group) is 1. The lowest BCUT2D eigenvalue weighted by atomic mass is 10.1. The molecule has 0 aliphatic rings. The number of hydrogen-bond donors (Lipinski definition) is 2. The van der Waals surface area contributed by atoms with Gasteiger partial charge in [0, 0.05) is 27.5 Å². The lowest BCUT2D eigenvalue weighted by Gasteiger charge is -2.13. The Balaban J connectivity index is 1.59. The first kappa shape index (κ1) is 21.0. The van der Waals surface area contributed by atoms with Crippen molar-refractivity contribution < 1.29 is 14.5 Å². The quantitative estimate of drug-likeness (QED) is 0.561. The highest BCUT2D eigenvalue weighted by atomic mass is 32.1. The number of hydrogen-bond acceptors (Lipinski definition) is 3. The summed E-state index contributed by atoms with van der Waals surface area (Å²) < 4.78 is 2.18.